The molecule has 7 nitrogen and oxygen atoms in total. The first-order chi connectivity index (χ1) is 15.7. The lowest BCUT2D eigenvalue weighted by Gasteiger charge is -2.21. The zero-order valence-corrected chi connectivity index (χ0v) is 18.6. The topological polar surface area (TPSA) is 97.3 Å². The molecule has 0 radical (unpaired) electrons. The van der Waals surface area contributed by atoms with E-state index in [4.69, 9.17) is 5.73 Å². The summed E-state index contributed by atoms with van der Waals surface area (Å²) < 4.78 is 29.2. The zero-order chi connectivity index (χ0) is 23.8. The molecular formula is C24H27F2N5O2. The van der Waals surface area contributed by atoms with Crippen molar-refractivity contribution >= 4 is 17.5 Å². The normalized spacial score (nSPS) is 15.4. The zero-order valence-electron chi connectivity index (χ0n) is 18.6. The second-order valence-electron chi connectivity index (χ2n) is 8.63. The van der Waals surface area contributed by atoms with Gasteiger partial charge in [-0.15, -0.1) is 0 Å². The molecule has 1 fully saturated rings. The van der Waals surface area contributed by atoms with E-state index in [-0.39, 0.29) is 24.6 Å². The van der Waals surface area contributed by atoms with Crippen LogP contribution < -0.4 is 10.6 Å². The highest BCUT2D eigenvalue weighted by atomic mass is 19.3. The fraction of sp³-hybridized carbons (Fsp3) is 0.375. The Labute approximate surface area is 190 Å². The predicted molar refractivity (Wildman–Crippen MR) is 123 cm³/mol. The van der Waals surface area contributed by atoms with E-state index in [1.54, 1.807) is 16.9 Å². The summed E-state index contributed by atoms with van der Waals surface area (Å²) in [6.45, 7) is 3.72. The van der Waals surface area contributed by atoms with Gasteiger partial charge in [-0.1, -0.05) is 24.3 Å². The van der Waals surface area contributed by atoms with Gasteiger partial charge in [-0.2, -0.15) is 5.10 Å². The number of hydrogen-bond acceptors (Lipinski definition) is 5. The minimum atomic E-state index is -2.75. The van der Waals surface area contributed by atoms with Crippen molar-refractivity contribution in [2.24, 2.45) is 0 Å². The quantitative estimate of drug-likeness (QED) is 0.547. The van der Waals surface area contributed by atoms with Crippen LogP contribution in [0.5, 0.6) is 0 Å². The number of benzene rings is 1. The van der Waals surface area contributed by atoms with Crippen molar-refractivity contribution in [3.63, 3.8) is 0 Å². The number of nitrogen functional groups attached to an aromatic ring is 1. The molecule has 1 aliphatic rings. The number of hydrogen-bond donors (Lipinski definition) is 2. The maximum Gasteiger partial charge on any atom is 0.339 e. The van der Waals surface area contributed by atoms with E-state index >= 15 is 0 Å². The summed E-state index contributed by atoms with van der Waals surface area (Å²) >= 11 is 0. The number of alkyl halides is 2. The maximum atomic E-state index is 13.8. The lowest BCUT2D eigenvalue weighted by molar-refractivity contribution is 0.0256. The Morgan fingerprint density at radius 2 is 1.97 bits per heavy atom. The van der Waals surface area contributed by atoms with Gasteiger partial charge in [-0.25, -0.2) is 18.6 Å². The highest BCUT2D eigenvalue weighted by Crippen LogP contribution is 2.38. The smallest absolute Gasteiger partial charge is 0.339 e. The summed E-state index contributed by atoms with van der Waals surface area (Å²) in [6, 6.07) is 9.52. The van der Waals surface area contributed by atoms with Gasteiger partial charge in [-0.05, 0) is 43.9 Å². The minimum absolute atomic E-state index is 0.0281. The number of carboxylic acids is 1. The largest absolute Gasteiger partial charge is 0.478 e. The Bertz CT molecular complexity index is 1180. The summed E-state index contributed by atoms with van der Waals surface area (Å²) in [6.07, 6.45) is 3.80. The number of carboxylic acid groups (broad SMARTS) is 1. The number of nitrogens with two attached hydrogens (primary N) is 1. The van der Waals surface area contributed by atoms with Gasteiger partial charge in [0, 0.05) is 30.8 Å². The second kappa shape index (κ2) is 8.80. The lowest BCUT2D eigenvalue weighted by atomic mass is 9.95. The first kappa shape index (κ1) is 22.7. The van der Waals surface area contributed by atoms with Gasteiger partial charge < -0.3 is 15.7 Å². The van der Waals surface area contributed by atoms with Crippen molar-refractivity contribution in [2.45, 2.75) is 45.1 Å². The monoisotopic (exact) mass is 455 g/mol. The van der Waals surface area contributed by atoms with Crippen molar-refractivity contribution in [2.75, 3.05) is 23.7 Å². The van der Waals surface area contributed by atoms with Crippen molar-refractivity contribution < 1.29 is 18.7 Å². The first-order valence-corrected chi connectivity index (χ1v) is 10.9. The standard InChI is InChI=1S/C24H27F2N5O2/c1-15(2)31-20(19(13-29-31)23(32)33)8-7-16-5-3-4-6-17(16)18-9-11-28-22(21(18)27)30-12-10-24(25,26)14-30/h3-6,9,11,13,15H,7-8,10,12,14,27H2,1-2H3,(H,32,33). The molecule has 0 aliphatic carbocycles. The molecule has 0 bridgehead atoms. The van der Waals surface area contributed by atoms with E-state index in [0.717, 1.165) is 16.7 Å². The summed E-state index contributed by atoms with van der Waals surface area (Å²) in [5.74, 6) is -3.38. The number of carbonyl (C=O) groups is 1. The molecule has 0 amide bonds. The number of pyridine rings is 1. The van der Waals surface area contributed by atoms with E-state index in [0.29, 0.717) is 30.0 Å². The summed E-state index contributed by atoms with van der Waals surface area (Å²) in [5, 5.41) is 13.8. The van der Waals surface area contributed by atoms with Crippen molar-refractivity contribution in [1.29, 1.82) is 0 Å². The Balaban J connectivity index is 1.66. The van der Waals surface area contributed by atoms with E-state index in [1.807, 2.05) is 38.1 Å². The average Bonchev–Trinajstić information content (AvgIpc) is 3.36. The summed E-state index contributed by atoms with van der Waals surface area (Å²) in [7, 11) is 0. The molecule has 2 aromatic heterocycles. The molecule has 174 valence electrons. The predicted octanol–water partition coefficient (Wildman–Crippen LogP) is 4.44. The van der Waals surface area contributed by atoms with E-state index < -0.39 is 18.4 Å². The fourth-order valence-electron chi connectivity index (χ4n) is 4.38. The number of halogens is 2. The number of aromatic carboxylic acids is 1. The molecule has 1 aliphatic heterocycles. The van der Waals surface area contributed by atoms with Crippen molar-refractivity contribution in [3.05, 3.63) is 59.5 Å². The molecule has 3 aromatic rings. The van der Waals surface area contributed by atoms with Crippen LogP contribution in [0.1, 0.15) is 47.9 Å². The molecule has 3 heterocycles. The van der Waals surface area contributed by atoms with E-state index in [1.165, 1.54) is 11.1 Å². The molecule has 1 aromatic carbocycles. The number of aromatic nitrogens is 3. The van der Waals surface area contributed by atoms with Crippen LogP contribution in [0.25, 0.3) is 11.1 Å². The van der Waals surface area contributed by atoms with Crippen LogP contribution in [0, 0.1) is 0 Å². The van der Waals surface area contributed by atoms with Gasteiger partial charge in [0.2, 0.25) is 0 Å². The van der Waals surface area contributed by atoms with Crippen LogP contribution in [0.2, 0.25) is 0 Å². The van der Waals surface area contributed by atoms with Crippen LogP contribution in [0.3, 0.4) is 0 Å². The van der Waals surface area contributed by atoms with Crippen LogP contribution in [-0.4, -0.2) is 44.9 Å². The summed E-state index contributed by atoms with van der Waals surface area (Å²) in [4.78, 5) is 17.5. The van der Waals surface area contributed by atoms with Crippen LogP contribution in [-0.2, 0) is 12.8 Å². The van der Waals surface area contributed by atoms with Gasteiger partial charge >= 0.3 is 5.97 Å². The maximum absolute atomic E-state index is 13.8. The Morgan fingerprint density at radius 1 is 1.21 bits per heavy atom. The Hall–Kier alpha value is -3.49. The first-order valence-electron chi connectivity index (χ1n) is 10.9. The molecule has 0 saturated carbocycles. The molecule has 33 heavy (non-hydrogen) atoms. The van der Waals surface area contributed by atoms with Crippen molar-refractivity contribution in [1.82, 2.24) is 14.8 Å². The summed E-state index contributed by atoms with van der Waals surface area (Å²) in [5.41, 5.74) is 10.2. The molecule has 4 rings (SSSR count). The van der Waals surface area contributed by atoms with Gasteiger partial charge in [0.25, 0.3) is 5.92 Å². The molecule has 9 heteroatoms. The number of nitrogens with zero attached hydrogens (tertiary/aromatic N) is 4. The van der Waals surface area contributed by atoms with Crippen LogP contribution in [0.4, 0.5) is 20.3 Å². The fourth-order valence-corrected chi connectivity index (χ4v) is 4.38. The van der Waals surface area contributed by atoms with Gasteiger partial charge in [0.05, 0.1) is 24.1 Å². The molecule has 0 spiro atoms. The highest BCUT2D eigenvalue weighted by molar-refractivity contribution is 5.89. The van der Waals surface area contributed by atoms with E-state index in [2.05, 4.69) is 10.1 Å². The molecule has 1 saturated heterocycles. The van der Waals surface area contributed by atoms with Crippen LogP contribution >= 0.6 is 0 Å². The highest BCUT2D eigenvalue weighted by Gasteiger charge is 2.39. The van der Waals surface area contributed by atoms with Crippen molar-refractivity contribution in [3.8, 4) is 11.1 Å². The third-order valence-corrected chi connectivity index (χ3v) is 6.00. The molecule has 0 unspecified atom stereocenters. The lowest BCUT2D eigenvalue weighted by Crippen LogP contribution is -2.26. The molecule has 3 N–H and O–H groups in total. The Kier molecular flexibility index (Phi) is 6.05. The minimum Gasteiger partial charge on any atom is -0.478 e. The van der Waals surface area contributed by atoms with Gasteiger partial charge in [0.1, 0.15) is 5.56 Å². The van der Waals surface area contributed by atoms with Gasteiger partial charge in [0.15, 0.2) is 5.82 Å². The van der Waals surface area contributed by atoms with E-state index in [9.17, 15) is 18.7 Å². The van der Waals surface area contributed by atoms with Gasteiger partial charge in [-0.3, -0.25) is 4.68 Å². The Morgan fingerprint density at radius 3 is 2.64 bits per heavy atom. The van der Waals surface area contributed by atoms with Crippen LogP contribution in [0.15, 0.2) is 42.7 Å². The number of aryl methyl sites for hydroxylation is 1. The molecule has 0 atom stereocenters. The third-order valence-electron chi connectivity index (χ3n) is 6.00. The second-order valence-corrected chi connectivity index (χ2v) is 8.63. The third kappa shape index (κ3) is 4.53. The SMILES string of the molecule is CC(C)n1ncc(C(=O)O)c1CCc1ccccc1-c1ccnc(N2CCC(F)(F)C2)c1N. The molecular weight excluding hydrogens is 428 g/mol. The number of anilines is 2. The average molecular weight is 456 g/mol. The number of rotatable bonds is 7.